The standard InChI is InChI=1S/C11H7Cl2F3N2.C5H5N/c1-6-4-7(2-3-8(6)12)18-10(13)5-9(17-18)11(14,15)16;1-2-4-6-5-3-1/h2-5H,1H3;1-5H. The maximum absolute atomic E-state index is 12.5. The molecule has 0 atom stereocenters. The highest BCUT2D eigenvalue weighted by molar-refractivity contribution is 6.31. The van der Waals surface area contributed by atoms with E-state index in [1.807, 2.05) is 18.2 Å². The van der Waals surface area contributed by atoms with Gasteiger partial charge in [-0.2, -0.15) is 18.3 Å². The Morgan fingerprint density at radius 3 is 2.08 bits per heavy atom. The second-order valence-electron chi connectivity index (χ2n) is 4.72. The van der Waals surface area contributed by atoms with E-state index in [9.17, 15) is 13.2 Å². The largest absolute Gasteiger partial charge is 0.435 e. The molecule has 24 heavy (non-hydrogen) atoms. The molecular weight excluding hydrogens is 362 g/mol. The second-order valence-corrected chi connectivity index (χ2v) is 5.51. The SMILES string of the molecule is Cc1cc(-n2nc(C(F)(F)F)cc2Cl)ccc1Cl.c1ccncc1. The summed E-state index contributed by atoms with van der Waals surface area (Å²) in [6, 6.07) is 11.2. The summed E-state index contributed by atoms with van der Waals surface area (Å²) < 4.78 is 38.5. The number of halogens is 5. The van der Waals surface area contributed by atoms with Gasteiger partial charge in [0.25, 0.3) is 0 Å². The Bertz CT molecular complexity index is 775. The zero-order valence-corrected chi connectivity index (χ0v) is 13.9. The van der Waals surface area contributed by atoms with Gasteiger partial charge in [-0.3, -0.25) is 4.98 Å². The average molecular weight is 374 g/mol. The minimum Gasteiger partial charge on any atom is -0.265 e. The molecule has 8 heteroatoms. The van der Waals surface area contributed by atoms with Gasteiger partial charge >= 0.3 is 6.18 Å². The molecule has 3 rings (SSSR count). The molecule has 0 amide bonds. The van der Waals surface area contributed by atoms with E-state index >= 15 is 0 Å². The number of hydrogen-bond donors (Lipinski definition) is 0. The van der Waals surface area contributed by atoms with E-state index < -0.39 is 11.9 Å². The molecule has 0 N–H and O–H groups in total. The van der Waals surface area contributed by atoms with Crippen molar-refractivity contribution in [2.45, 2.75) is 13.1 Å². The molecule has 0 aliphatic carbocycles. The Balaban J connectivity index is 0.000000292. The molecule has 0 fully saturated rings. The normalized spacial score (nSPS) is 10.9. The highest BCUT2D eigenvalue weighted by Crippen LogP contribution is 2.31. The summed E-state index contributed by atoms with van der Waals surface area (Å²) in [4.78, 5) is 3.78. The lowest BCUT2D eigenvalue weighted by Crippen LogP contribution is -2.07. The van der Waals surface area contributed by atoms with Gasteiger partial charge < -0.3 is 0 Å². The van der Waals surface area contributed by atoms with Crippen LogP contribution in [0.5, 0.6) is 0 Å². The van der Waals surface area contributed by atoms with E-state index in [1.165, 1.54) is 0 Å². The Hall–Kier alpha value is -2.05. The lowest BCUT2D eigenvalue weighted by molar-refractivity contribution is -0.141. The zero-order chi connectivity index (χ0) is 17.7. The van der Waals surface area contributed by atoms with Crippen molar-refractivity contribution < 1.29 is 13.2 Å². The predicted molar refractivity (Wildman–Crippen MR) is 87.6 cm³/mol. The van der Waals surface area contributed by atoms with Gasteiger partial charge in [-0.05, 0) is 42.8 Å². The number of benzene rings is 1. The number of rotatable bonds is 1. The van der Waals surface area contributed by atoms with Crippen LogP contribution < -0.4 is 0 Å². The number of aryl methyl sites for hydroxylation is 1. The van der Waals surface area contributed by atoms with Crippen LogP contribution in [0.3, 0.4) is 0 Å². The molecule has 0 aliphatic rings. The molecule has 2 aromatic heterocycles. The number of nitrogens with zero attached hydrogens (tertiary/aromatic N) is 3. The Morgan fingerprint density at radius 1 is 1.00 bits per heavy atom. The number of pyridine rings is 1. The molecule has 3 aromatic rings. The summed E-state index contributed by atoms with van der Waals surface area (Å²) in [5.74, 6) is 0. The van der Waals surface area contributed by atoms with Crippen molar-refractivity contribution in [3.63, 3.8) is 0 Å². The molecular formula is C16H12Cl2F3N3. The molecule has 3 nitrogen and oxygen atoms in total. The van der Waals surface area contributed by atoms with Gasteiger partial charge in [0.2, 0.25) is 0 Å². The van der Waals surface area contributed by atoms with Crippen LogP contribution in [0.1, 0.15) is 11.3 Å². The van der Waals surface area contributed by atoms with E-state index in [-0.39, 0.29) is 5.15 Å². The maximum Gasteiger partial charge on any atom is 0.435 e. The molecule has 1 aromatic carbocycles. The quantitative estimate of drug-likeness (QED) is 0.556. The molecule has 0 unspecified atom stereocenters. The zero-order valence-electron chi connectivity index (χ0n) is 12.4. The van der Waals surface area contributed by atoms with E-state index in [1.54, 1.807) is 37.5 Å². The van der Waals surface area contributed by atoms with Gasteiger partial charge in [-0.15, -0.1) is 0 Å². The van der Waals surface area contributed by atoms with Crippen LogP contribution in [0.25, 0.3) is 5.69 Å². The van der Waals surface area contributed by atoms with Crippen molar-refractivity contribution in [1.29, 1.82) is 0 Å². The summed E-state index contributed by atoms with van der Waals surface area (Å²) in [5, 5.41) is 3.86. The van der Waals surface area contributed by atoms with Gasteiger partial charge in [0, 0.05) is 23.5 Å². The molecule has 0 saturated carbocycles. The van der Waals surface area contributed by atoms with Gasteiger partial charge in [-0.25, -0.2) is 4.68 Å². The fourth-order valence-electron chi connectivity index (χ4n) is 1.75. The van der Waals surface area contributed by atoms with Gasteiger partial charge in [0.05, 0.1) is 5.69 Å². The number of hydrogen-bond acceptors (Lipinski definition) is 2. The number of alkyl halides is 3. The van der Waals surface area contributed by atoms with E-state index in [0.717, 1.165) is 16.3 Å². The third-order valence-corrected chi connectivity index (χ3v) is 3.60. The molecule has 0 radical (unpaired) electrons. The third kappa shape index (κ3) is 4.72. The van der Waals surface area contributed by atoms with Crippen molar-refractivity contribution in [1.82, 2.24) is 14.8 Å². The fraction of sp³-hybridized carbons (Fsp3) is 0.125. The summed E-state index contributed by atoms with van der Waals surface area (Å²) in [7, 11) is 0. The van der Waals surface area contributed by atoms with Gasteiger partial charge in [-0.1, -0.05) is 29.3 Å². The highest BCUT2D eigenvalue weighted by Gasteiger charge is 2.34. The smallest absolute Gasteiger partial charge is 0.265 e. The first-order valence-corrected chi connectivity index (χ1v) is 7.49. The van der Waals surface area contributed by atoms with Crippen molar-refractivity contribution >= 4 is 23.2 Å². The lowest BCUT2D eigenvalue weighted by Gasteiger charge is -2.05. The molecule has 0 saturated heterocycles. The third-order valence-electron chi connectivity index (χ3n) is 2.91. The van der Waals surface area contributed by atoms with E-state index in [0.29, 0.717) is 10.7 Å². The van der Waals surface area contributed by atoms with Crippen LogP contribution in [0.4, 0.5) is 13.2 Å². The Labute approximate surface area is 146 Å². The summed E-state index contributed by atoms with van der Waals surface area (Å²) >= 11 is 11.6. The maximum atomic E-state index is 12.5. The molecule has 126 valence electrons. The topological polar surface area (TPSA) is 30.7 Å². The molecule has 2 heterocycles. The predicted octanol–water partition coefficient (Wildman–Crippen LogP) is 5.59. The lowest BCUT2D eigenvalue weighted by atomic mass is 10.2. The average Bonchev–Trinajstić information content (AvgIpc) is 2.95. The van der Waals surface area contributed by atoms with Crippen LogP contribution in [0.2, 0.25) is 10.2 Å². The van der Waals surface area contributed by atoms with E-state index in [4.69, 9.17) is 23.2 Å². The first-order chi connectivity index (χ1) is 11.3. The van der Waals surface area contributed by atoms with Gasteiger partial charge in [0.1, 0.15) is 5.15 Å². The van der Waals surface area contributed by atoms with Crippen LogP contribution in [-0.2, 0) is 6.18 Å². The monoisotopic (exact) mass is 373 g/mol. The van der Waals surface area contributed by atoms with Gasteiger partial charge in [0.15, 0.2) is 5.69 Å². The fourth-order valence-corrected chi connectivity index (χ4v) is 2.11. The second kappa shape index (κ2) is 7.68. The molecule has 0 spiro atoms. The Morgan fingerprint density at radius 2 is 1.67 bits per heavy atom. The first kappa shape index (κ1) is 18.3. The minimum atomic E-state index is -4.52. The van der Waals surface area contributed by atoms with Crippen molar-refractivity contribution in [3.05, 3.63) is 76.3 Å². The minimum absolute atomic E-state index is 0.107. The van der Waals surface area contributed by atoms with Crippen LogP contribution in [-0.4, -0.2) is 14.8 Å². The highest BCUT2D eigenvalue weighted by atomic mass is 35.5. The molecule has 0 aliphatic heterocycles. The van der Waals surface area contributed by atoms with Crippen molar-refractivity contribution in [3.8, 4) is 5.69 Å². The van der Waals surface area contributed by atoms with E-state index in [2.05, 4.69) is 10.1 Å². The Kier molecular flexibility index (Phi) is 5.85. The van der Waals surface area contributed by atoms with Crippen LogP contribution >= 0.6 is 23.2 Å². The first-order valence-electron chi connectivity index (χ1n) is 6.73. The summed E-state index contributed by atoms with van der Waals surface area (Å²) in [6.07, 6.45) is -1.02. The number of aromatic nitrogens is 3. The molecule has 0 bridgehead atoms. The summed E-state index contributed by atoms with van der Waals surface area (Å²) in [6.45, 7) is 1.74. The van der Waals surface area contributed by atoms with Crippen LogP contribution in [0, 0.1) is 6.92 Å². The van der Waals surface area contributed by atoms with Crippen LogP contribution in [0.15, 0.2) is 54.9 Å². The van der Waals surface area contributed by atoms with Crippen molar-refractivity contribution in [2.24, 2.45) is 0 Å². The van der Waals surface area contributed by atoms with Crippen molar-refractivity contribution in [2.75, 3.05) is 0 Å². The summed E-state index contributed by atoms with van der Waals surface area (Å²) in [5.41, 5.74) is 0.131.